The minimum absolute atomic E-state index is 0.203. The monoisotopic (exact) mass is 447 g/mol. The van der Waals surface area contributed by atoms with Crippen molar-refractivity contribution in [3.63, 3.8) is 0 Å². The zero-order valence-corrected chi connectivity index (χ0v) is 19.2. The highest BCUT2D eigenvalue weighted by Crippen LogP contribution is 2.11. The molecule has 0 fully saturated rings. The third-order valence-electron chi connectivity index (χ3n) is 5.38. The fourth-order valence-corrected chi connectivity index (χ4v) is 3.30. The molecule has 0 radical (unpaired) electrons. The second kappa shape index (κ2) is 14.2. The molecule has 4 amide bonds. The SMILES string of the molecule is CC[C@H](C)[C@H](NC(=O)[C@H](CCCCN)NC(C)=O)C(=O)N[C@@H](Cc1ccccc1)C(N)=O. The second-order valence-corrected chi connectivity index (χ2v) is 8.06. The minimum atomic E-state index is -0.913. The van der Waals surface area contributed by atoms with Crippen molar-refractivity contribution >= 4 is 23.6 Å². The predicted octanol–water partition coefficient (Wildman–Crippen LogP) is 0.364. The highest BCUT2D eigenvalue weighted by molar-refractivity contribution is 5.94. The summed E-state index contributed by atoms with van der Waals surface area (Å²) in [6.07, 6.45) is 2.66. The van der Waals surface area contributed by atoms with Crippen LogP contribution in [-0.2, 0) is 25.6 Å². The van der Waals surface area contributed by atoms with Crippen LogP contribution in [-0.4, -0.2) is 48.3 Å². The van der Waals surface area contributed by atoms with Crippen LogP contribution < -0.4 is 27.4 Å². The van der Waals surface area contributed by atoms with E-state index in [0.717, 1.165) is 12.0 Å². The lowest BCUT2D eigenvalue weighted by atomic mass is 9.96. The van der Waals surface area contributed by atoms with Crippen LogP contribution in [0.5, 0.6) is 0 Å². The lowest BCUT2D eigenvalue weighted by molar-refractivity contribution is -0.134. The number of carbonyl (C=O) groups excluding carboxylic acids is 4. The molecule has 4 atom stereocenters. The summed E-state index contributed by atoms with van der Waals surface area (Å²) < 4.78 is 0. The van der Waals surface area contributed by atoms with Gasteiger partial charge in [-0.05, 0) is 37.3 Å². The van der Waals surface area contributed by atoms with E-state index in [-0.39, 0.29) is 18.2 Å². The van der Waals surface area contributed by atoms with Gasteiger partial charge in [0.05, 0.1) is 0 Å². The Morgan fingerprint density at radius 1 is 0.938 bits per heavy atom. The van der Waals surface area contributed by atoms with Gasteiger partial charge in [-0.2, -0.15) is 0 Å². The van der Waals surface area contributed by atoms with E-state index < -0.39 is 35.8 Å². The van der Waals surface area contributed by atoms with Gasteiger partial charge in [0.2, 0.25) is 23.6 Å². The molecule has 0 unspecified atom stereocenters. The van der Waals surface area contributed by atoms with Gasteiger partial charge < -0.3 is 27.4 Å². The van der Waals surface area contributed by atoms with Gasteiger partial charge in [0, 0.05) is 13.3 Å². The molecule has 1 aromatic rings. The quantitative estimate of drug-likeness (QED) is 0.260. The van der Waals surface area contributed by atoms with Gasteiger partial charge in [0.1, 0.15) is 18.1 Å². The molecule has 0 saturated heterocycles. The third kappa shape index (κ3) is 9.47. The van der Waals surface area contributed by atoms with Crippen molar-refractivity contribution in [3.05, 3.63) is 35.9 Å². The Balaban J connectivity index is 2.93. The van der Waals surface area contributed by atoms with Crippen LogP contribution in [0.15, 0.2) is 30.3 Å². The molecule has 0 spiro atoms. The average molecular weight is 448 g/mol. The summed E-state index contributed by atoms with van der Waals surface area (Å²) in [6, 6.07) is 6.66. The standard InChI is InChI=1S/C23H37N5O4/c1-4-15(2)20(28-22(31)18(26-16(3)29)12-8-9-13-24)23(32)27-19(21(25)30)14-17-10-6-5-7-11-17/h5-7,10-11,15,18-20H,4,8-9,12-14,24H2,1-3H3,(H2,25,30)(H,26,29)(H,27,32)(H,28,31)/t15-,18-,19-,20-/m0/s1. The highest BCUT2D eigenvalue weighted by atomic mass is 16.2. The molecule has 178 valence electrons. The highest BCUT2D eigenvalue weighted by Gasteiger charge is 2.31. The molecule has 7 N–H and O–H groups in total. The molecule has 1 rings (SSSR count). The number of hydrogen-bond donors (Lipinski definition) is 5. The Hall–Kier alpha value is -2.94. The van der Waals surface area contributed by atoms with Gasteiger partial charge in [-0.1, -0.05) is 50.6 Å². The van der Waals surface area contributed by atoms with Crippen molar-refractivity contribution in [2.45, 2.75) is 71.0 Å². The molecule has 0 aliphatic carbocycles. The first-order chi connectivity index (χ1) is 15.2. The number of amides is 4. The Labute approximate surface area is 190 Å². The van der Waals surface area contributed by atoms with Crippen LogP contribution in [0.1, 0.15) is 52.0 Å². The molecule has 9 nitrogen and oxygen atoms in total. The van der Waals surface area contributed by atoms with Crippen molar-refractivity contribution in [2.75, 3.05) is 6.54 Å². The molecule has 0 aliphatic rings. The van der Waals surface area contributed by atoms with Crippen LogP contribution >= 0.6 is 0 Å². The Morgan fingerprint density at radius 3 is 2.12 bits per heavy atom. The van der Waals surface area contributed by atoms with E-state index in [1.54, 1.807) is 0 Å². The minimum Gasteiger partial charge on any atom is -0.368 e. The van der Waals surface area contributed by atoms with Crippen molar-refractivity contribution in [1.29, 1.82) is 0 Å². The van der Waals surface area contributed by atoms with Gasteiger partial charge in [0.15, 0.2) is 0 Å². The smallest absolute Gasteiger partial charge is 0.243 e. The fourth-order valence-electron chi connectivity index (χ4n) is 3.30. The second-order valence-electron chi connectivity index (χ2n) is 8.06. The van der Waals surface area contributed by atoms with Crippen molar-refractivity contribution in [1.82, 2.24) is 16.0 Å². The van der Waals surface area contributed by atoms with E-state index in [1.807, 2.05) is 44.2 Å². The summed E-state index contributed by atoms with van der Waals surface area (Å²) in [5, 5.41) is 8.08. The number of rotatable bonds is 14. The van der Waals surface area contributed by atoms with Crippen LogP contribution in [0, 0.1) is 5.92 Å². The molecule has 0 bridgehead atoms. The number of hydrogen-bond acceptors (Lipinski definition) is 5. The maximum atomic E-state index is 13.1. The summed E-state index contributed by atoms with van der Waals surface area (Å²) in [7, 11) is 0. The third-order valence-corrected chi connectivity index (χ3v) is 5.38. The molecule has 0 aliphatic heterocycles. The van der Waals surface area contributed by atoms with Crippen LogP contribution in [0.2, 0.25) is 0 Å². The number of nitrogens with one attached hydrogen (secondary N) is 3. The number of carbonyl (C=O) groups is 4. The van der Waals surface area contributed by atoms with Gasteiger partial charge >= 0.3 is 0 Å². The number of benzene rings is 1. The Kier molecular flexibility index (Phi) is 12.0. The van der Waals surface area contributed by atoms with Crippen LogP contribution in [0.3, 0.4) is 0 Å². The fraction of sp³-hybridized carbons (Fsp3) is 0.565. The van der Waals surface area contributed by atoms with E-state index in [2.05, 4.69) is 16.0 Å². The van der Waals surface area contributed by atoms with E-state index in [4.69, 9.17) is 11.5 Å². The van der Waals surface area contributed by atoms with E-state index in [1.165, 1.54) is 6.92 Å². The van der Waals surface area contributed by atoms with Crippen LogP contribution in [0.4, 0.5) is 0 Å². The zero-order chi connectivity index (χ0) is 24.1. The molecular weight excluding hydrogens is 410 g/mol. The number of nitrogens with two attached hydrogens (primary N) is 2. The summed E-state index contributed by atoms with van der Waals surface area (Å²) in [5.74, 6) is -2.13. The average Bonchev–Trinajstić information content (AvgIpc) is 2.76. The van der Waals surface area contributed by atoms with Crippen molar-refractivity contribution < 1.29 is 19.2 Å². The topological polar surface area (TPSA) is 156 Å². The van der Waals surface area contributed by atoms with Gasteiger partial charge in [-0.15, -0.1) is 0 Å². The zero-order valence-electron chi connectivity index (χ0n) is 19.2. The molecule has 0 heterocycles. The first-order valence-corrected chi connectivity index (χ1v) is 11.1. The molecule has 0 saturated carbocycles. The van der Waals surface area contributed by atoms with E-state index in [9.17, 15) is 19.2 Å². The van der Waals surface area contributed by atoms with E-state index >= 15 is 0 Å². The molecule has 9 heteroatoms. The number of primary amides is 1. The van der Waals surface area contributed by atoms with Crippen molar-refractivity contribution in [3.8, 4) is 0 Å². The summed E-state index contributed by atoms with van der Waals surface area (Å²) in [4.78, 5) is 49.5. The van der Waals surface area contributed by atoms with Gasteiger partial charge in [-0.25, -0.2) is 0 Å². The summed E-state index contributed by atoms with van der Waals surface area (Å²) in [6.45, 7) is 5.56. The van der Waals surface area contributed by atoms with E-state index in [0.29, 0.717) is 25.8 Å². The largest absolute Gasteiger partial charge is 0.368 e. The maximum Gasteiger partial charge on any atom is 0.243 e. The van der Waals surface area contributed by atoms with Gasteiger partial charge in [-0.3, -0.25) is 19.2 Å². The molecule has 32 heavy (non-hydrogen) atoms. The van der Waals surface area contributed by atoms with Crippen molar-refractivity contribution in [2.24, 2.45) is 17.4 Å². The Bertz CT molecular complexity index is 756. The molecule has 0 aromatic heterocycles. The van der Waals surface area contributed by atoms with Crippen LogP contribution in [0.25, 0.3) is 0 Å². The summed E-state index contributed by atoms with van der Waals surface area (Å²) >= 11 is 0. The molecule has 1 aromatic carbocycles. The first-order valence-electron chi connectivity index (χ1n) is 11.1. The lowest BCUT2D eigenvalue weighted by Crippen LogP contribution is -2.58. The molecular formula is C23H37N5O4. The Morgan fingerprint density at radius 2 is 1.59 bits per heavy atom. The van der Waals surface area contributed by atoms with Gasteiger partial charge in [0.25, 0.3) is 0 Å². The maximum absolute atomic E-state index is 13.1. The normalized spacial score (nSPS) is 14.5. The predicted molar refractivity (Wildman–Crippen MR) is 123 cm³/mol. The first kappa shape index (κ1) is 27.1. The lowest BCUT2D eigenvalue weighted by Gasteiger charge is -2.28. The summed E-state index contributed by atoms with van der Waals surface area (Å²) in [5.41, 5.74) is 11.9. The number of unbranched alkanes of at least 4 members (excludes halogenated alkanes) is 1.